The molecule has 2 aliphatic rings. The number of nitrogens with zero attached hydrogens (tertiary/aromatic N) is 2. The third-order valence-corrected chi connectivity index (χ3v) is 14.9. The second kappa shape index (κ2) is 14.6. The molecule has 3 heterocycles. The van der Waals surface area contributed by atoms with Gasteiger partial charge >= 0.3 is 6.85 Å². The van der Waals surface area contributed by atoms with Gasteiger partial charge in [-0.15, -0.1) is 11.3 Å². The summed E-state index contributed by atoms with van der Waals surface area (Å²) in [4.78, 5) is 5.34. The number of benzene rings is 8. The third kappa shape index (κ3) is 6.52. The number of hydrogen-bond donors (Lipinski definition) is 0. The largest absolute Gasteiger partial charge is 0.376 e. The van der Waals surface area contributed by atoms with Crippen LogP contribution in [0.4, 0.5) is 28.4 Å². The van der Waals surface area contributed by atoms with Crippen LogP contribution in [0.15, 0.2) is 170 Å². The molecule has 0 radical (unpaired) electrons. The topological polar surface area (TPSA) is 6.48 Å². The summed E-state index contributed by atoms with van der Waals surface area (Å²) in [5.41, 5.74) is 20.1. The lowest BCUT2D eigenvalue weighted by molar-refractivity contribution is 0.590. The molecule has 0 atom stereocenters. The number of fused-ring (bicyclic) bond motifs is 8. The number of rotatable bonds is 4. The molecule has 0 saturated carbocycles. The van der Waals surface area contributed by atoms with Gasteiger partial charge in [-0.3, -0.25) is 0 Å². The Labute approximate surface area is 384 Å². The van der Waals surface area contributed by atoms with Gasteiger partial charge < -0.3 is 9.71 Å². The van der Waals surface area contributed by atoms with Crippen molar-refractivity contribution in [3.8, 4) is 33.4 Å². The van der Waals surface area contributed by atoms with Gasteiger partial charge in [-0.05, 0) is 131 Å². The summed E-state index contributed by atoms with van der Waals surface area (Å²) >= 11 is 1.91. The fourth-order valence-corrected chi connectivity index (χ4v) is 11.3. The Morgan fingerprint density at radius 2 is 1.00 bits per heavy atom. The van der Waals surface area contributed by atoms with Gasteiger partial charge in [-0.25, -0.2) is 0 Å². The van der Waals surface area contributed by atoms with Crippen molar-refractivity contribution in [2.24, 2.45) is 0 Å². The van der Waals surface area contributed by atoms with Crippen molar-refractivity contribution < 1.29 is 0 Å². The average Bonchev–Trinajstić information content (AvgIpc) is 3.67. The zero-order chi connectivity index (χ0) is 44.3. The molecule has 9 aromatic rings. The van der Waals surface area contributed by atoms with Crippen LogP contribution < -0.4 is 20.6 Å². The van der Waals surface area contributed by atoms with Gasteiger partial charge in [0.25, 0.3) is 0 Å². The summed E-state index contributed by atoms with van der Waals surface area (Å²) in [6, 6.07) is 64.8. The Hall–Kier alpha value is -6.36. The molecule has 0 aliphatic carbocycles. The van der Waals surface area contributed by atoms with Crippen LogP contribution in [0.5, 0.6) is 0 Å². The molecule has 0 bridgehead atoms. The van der Waals surface area contributed by atoms with Gasteiger partial charge in [-0.2, -0.15) is 0 Å². The maximum absolute atomic E-state index is 2.69. The van der Waals surface area contributed by atoms with Crippen molar-refractivity contribution in [1.29, 1.82) is 0 Å². The van der Waals surface area contributed by atoms with Crippen LogP contribution in [0.3, 0.4) is 0 Å². The lowest BCUT2D eigenvalue weighted by Crippen LogP contribution is -2.62. The zero-order valence-electron chi connectivity index (χ0n) is 38.5. The molecular formula is C60H55BN2S. The fourth-order valence-electron chi connectivity index (χ4n) is 10.2. The van der Waals surface area contributed by atoms with Gasteiger partial charge in [0.05, 0.1) is 5.69 Å². The van der Waals surface area contributed by atoms with E-state index in [1.54, 1.807) is 0 Å². The summed E-state index contributed by atoms with van der Waals surface area (Å²) in [5, 5.41) is 2.66. The summed E-state index contributed by atoms with van der Waals surface area (Å²) < 4.78 is 2.63. The molecule has 8 aromatic carbocycles. The summed E-state index contributed by atoms with van der Waals surface area (Å²) in [6.07, 6.45) is 0. The Bertz CT molecular complexity index is 3270. The molecule has 0 N–H and O–H groups in total. The lowest BCUT2D eigenvalue weighted by Gasteiger charge is -2.47. The van der Waals surface area contributed by atoms with E-state index >= 15 is 0 Å². The minimum absolute atomic E-state index is 0.0224. The maximum Gasteiger partial charge on any atom is 0.333 e. The SMILES string of the molecule is CC(C)(C)c1ccc(N2B3c4c(cc(C(C)(C)C)cc4N(c4ccc(C(C)(C)C)cc4-c4ccccc4)c4ccc5sc6ccccc6c5c43)-c3ccc(-c4ccccc4)cc32)cc1. The standard InChI is InChI=1S/C60H55BN2S/c1-58(2,3)41-25-28-44(29-26-41)63-51-34-40(38-18-12-10-13-19-38)24-30-45(51)48-36-43(60(7,8)9)37-52-56(48)61(63)57-50(32-33-54-55(57)46-22-16-17-23-53(46)64-54)62(52)49-31-27-42(59(4,5)6)35-47(49)39-20-14-11-15-21-39/h10-37H,1-9H3. The predicted molar refractivity (Wildman–Crippen MR) is 280 cm³/mol. The molecule has 0 amide bonds. The molecule has 0 fully saturated rings. The monoisotopic (exact) mass is 846 g/mol. The summed E-state index contributed by atoms with van der Waals surface area (Å²) in [5.74, 6) is 0. The normalized spacial score (nSPS) is 13.6. The summed E-state index contributed by atoms with van der Waals surface area (Å²) in [7, 11) is 0. The molecule has 0 saturated heterocycles. The van der Waals surface area contributed by atoms with Crippen LogP contribution in [-0.2, 0) is 16.2 Å². The number of thiophene rings is 1. The average molecular weight is 847 g/mol. The third-order valence-electron chi connectivity index (χ3n) is 13.7. The molecule has 314 valence electrons. The van der Waals surface area contributed by atoms with Gasteiger partial charge in [0.15, 0.2) is 0 Å². The first-order valence-corrected chi connectivity index (χ1v) is 23.7. The van der Waals surface area contributed by atoms with E-state index in [0.29, 0.717) is 0 Å². The minimum Gasteiger partial charge on any atom is -0.376 e. The highest BCUT2D eigenvalue weighted by atomic mass is 32.1. The van der Waals surface area contributed by atoms with Crippen LogP contribution in [0.2, 0.25) is 0 Å². The van der Waals surface area contributed by atoms with Crippen LogP contribution in [0.25, 0.3) is 53.6 Å². The quantitative estimate of drug-likeness (QED) is 0.163. The van der Waals surface area contributed by atoms with Crippen molar-refractivity contribution in [3.63, 3.8) is 0 Å². The lowest BCUT2D eigenvalue weighted by atomic mass is 9.42. The summed E-state index contributed by atoms with van der Waals surface area (Å²) in [6.45, 7) is 20.8. The van der Waals surface area contributed by atoms with Crippen LogP contribution in [0, 0.1) is 0 Å². The van der Waals surface area contributed by atoms with E-state index < -0.39 is 0 Å². The van der Waals surface area contributed by atoms with Crippen molar-refractivity contribution in [1.82, 2.24) is 0 Å². The minimum atomic E-state index is -0.125. The van der Waals surface area contributed by atoms with Gasteiger partial charge in [0.2, 0.25) is 0 Å². The Balaban J connectivity index is 1.31. The highest BCUT2D eigenvalue weighted by molar-refractivity contribution is 7.26. The molecule has 0 unspecified atom stereocenters. The van der Waals surface area contributed by atoms with Crippen LogP contribution in [-0.4, -0.2) is 6.85 Å². The van der Waals surface area contributed by atoms with E-state index in [0.717, 1.165) is 0 Å². The van der Waals surface area contributed by atoms with E-state index in [1.165, 1.54) is 110 Å². The molecule has 2 nitrogen and oxygen atoms in total. The molecule has 2 aliphatic heterocycles. The molecule has 0 spiro atoms. The van der Waals surface area contributed by atoms with Crippen molar-refractivity contribution in [2.75, 3.05) is 9.71 Å². The first kappa shape index (κ1) is 40.4. The van der Waals surface area contributed by atoms with E-state index in [4.69, 9.17) is 0 Å². The predicted octanol–water partition coefficient (Wildman–Crippen LogP) is 16.0. The van der Waals surface area contributed by atoms with Gasteiger partial charge in [0.1, 0.15) is 0 Å². The maximum atomic E-state index is 2.69. The zero-order valence-corrected chi connectivity index (χ0v) is 39.4. The Morgan fingerprint density at radius 1 is 0.391 bits per heavy atom. The number of anilines is 5. The van der Waals surface area contributed by atoms with Gasteiger partial charge in [0, 0.05) is 43.3 Å². The van der Waals surface area contributed by atoms with Crippen LogP contribution >= 0.6 is 11.3 Å². The van der Waals surface area contributed by atoms with E-state index in [1.807, 2.05) is 11.3 Å². The van der Waals surface area contributed by atoms with Gasteiger partial charge in [-0.1, -0.05) is 178 Å². The van der Waals surface area contributed by atoms with E-state index in [2.05, 4.69) is 242 Å². The van der Waals surface area contributed by atoms with E-state index in [9.17, 15) is 0 Å². The smallest absolute Gasteiger partial charge is 0.333 e. The Kier molecular flexibility index (Phi) is 9.21. The van der Waals surface area contributed by atoms with Crippen molar-refractivity contribution >= 4 is 77.7 Å². The fraction of sp³-hybridized carbons (Fsp3) is 0.200. The van der Waals surface area contributed by atoms with E-state index in [-0.39, 0.29) is 23.1 Å². The molecule has 64 heavy (non-hydrogen) atoms. The Morgan fingerprint density at radius 3 is 1.69 bits per heavy atom. The molecule has 4 heteroatoms. The first-order valence-electron chi connectivity index (χ1n) is 22.9. The van der Waals surface area contributed by atoms with Crippen molar-refractivity contribution in [2.45, 2.75) is 78.6 Å². The molecule has 1 aromatic heterocycles. The molecule has 11 rings (SSSR count). The van der Waals surface area contributed by atoms with Crippen LogP contribution in [0.1, 0.15) is 79.0 Å². The molecular weight excluding hydrogens is 792 g/mol. The number of hydrogen-bond acceptors (Lipinski definition) is 3. The highest BCUT2D eigenvalue weighted by Gasteiger charge is 2.47. The highest BCUT2D eigenvalue weighted by Crippen LogP contribution is 2.52. The second-order valence-electron chi connectivity index (χ2n) is 21.0. The first-order chi connectivity index (χ1) is 30.6. The van der Waals surface area contributed by atoms with Crippen molar-refractivity contribution in [3.05, 3.63) is 187 Å². The second-order valence-corrected chi connectivity index (χ2v) is 22.1.